The number of para-hydroxylation sites is 1. The standard InChI is InChI=1S/C17H21N3O2S/c1-11(2)16-15(23-20-19-16)10-18-17(21)13-7-8-22-14-6-4-3-5-12(14)9-13/h3-6,11,13H,7-10H2,1-2H3,(H,18,21)/t13-/m1/s1. The molecule has 1 atom stereocenters. The molecule has 6 heteroatoms. The van der Waals surface area contributed by atoms with Crippen molar-refractivity contribution in [2.45, 2.75) is 39.2 Å². The van der Waals surface area contributed by atoms with E-state index in [0.717, 1.165) is 34.7 Å². The van der Waals surface area contributed by atoms with Crippen LogP contribution in [-0.2, 0) is 17.8 Å². The number of carbonyl (C=O) groups is 1. The fourth-order valence-corrected chi connectivity index (χ4v) is 3.54. The zero-order chi connectivity index (χ0) is 16.2. The van der Waals surface area contributed by atoms with Crippen molar-refractivity contribution in [2.75, 3.05) is 6.61 Å². The van der Waals surface area contributed by atoms with Crippen LogP contribution in [-0.4, -0.2) is 22.1 Å². The second-order valence-corrected chi connectivity index (χ2v) is 6.94. The summed E-state index contributed by atoms with van der Waals surface area (Å²) in [6.45, 7) is 5.25. The number of ether oxygens (including phenoxy) is 1. The molecule has 1 amide bonds. The third-order valence-corrected chi connectivity index (χ3v) is 4.83. The first-order chi connectivity index (χ1) is 11.1. The first kappa shape index (κ1) is 15.9. The molecular formula is C17H21N3O2S. The summed E-state index contributed by atoms with van der Waals surface area (Å²) in [5.41, 5.74) is 2.08. The average molecular weight is 331 g/mol. The summed E-state index contributed by atoms with van der Waals surface area (Å²) in [5, 5.41) is 7.19. The van der Waals surface area contributed by atoms with E-state index in [0.29, 0.717) is 19.1 Å². The van der Waals surface area contributed by atoms with Gasteiger partial charge in [0.05, 0.1) is 23.7 Å². The lowest BCUT2D eigenvalue weighted by atomic mass is 9.96. The summed E-state index contributed by atoms with van der Waals surface area (Å²) in [6.07, 6.45) is 1.46. The molecule has 0 spiro atoms. The summed E-state index contributed by atoms with van der Waals surface area (Å²) in [5.74, 6) is 1.24. The highest BCUT2D eigenvalue weighted by Crippen LogP contribution is 2.27. The number of rotatable bonds is 4. The van der Waals surface area contributed by atoms with Crippen LogP contribution in [0.2, 0.25) is 0 Å². The van der Waals surface area contributed by atoms with E-state index >= 15 is 0 Å². The van der Waals surface area contributed by atoms with Crippen molar-refractivity contribution in [1.29, 1.82) is 0 Å². The van der Waals surface area contributed by atoms with Gasteiger partial charge in [-0.15, -0.1) is 5.10 Å². The third-order valence-electron chi connectivity index (χ3n) is 4.09. The number of carbonyl (C=O) groups excluding carboxylic acids is 1. The van der Waals surface area contributed by atoms with E-state index in [-0.39, 0.29) is 11.8 Å². The Balaban J connectivity index is 1.63. The number of benzene rings is 1. The maximum atomic E-state index is 12.5. The molecule has 0 radical (unpaired) electrons. The lowest BCUT2D eigenvalue weighted by molar-refractivity contribution is -0.125. The maximum Gasteiger partial charge on any atom is 0.223 e. The van der Waals surface area contributed by atoms with Crippen LogP contribution >= 0.6 is 11.5 Å². The van der Waals surface area contributed by atoms with Gasteiger partial charge in [-0.3, -0.25) is 4.79 Å². The van der Waals surface area contributed by atoms with E-state index in [1.807, 2.05) is 24.3 Å². The molecule has 1 aliphatic rings. The largest absolute Gasteiger partial charge is 0.493 e. The first-order valence-electron chi connectivity index (χ1n) is 7.94. The Bertz CT molecular complexity index is 684. The zero-order valence-electron chi connectivity index (χ0n) is 13.4. The second kappa shape index (κ2) is 7.08. The second-order valence-electron chi connectivity index (χ2n) is 6.10. The quantitative estimate of drug-likeness (QED) is 0.935. The lowest BCUT2D eigenvalue weighted by Gasteiger charge is -2.14. The Labute approximate surface area is 140 Å². The Morgan fingerprint density at radius 1 is 1.43 bits per heavy atom. The van der Waals surface area contributed by atoms with Gasteiger partial charge in [0.1, 0.15) is 5.75 Å². The minimum absolute atomic E-state index is 0.0537. The highest BCUT2D eigenvalue weighted by Gasteiger charge is 2.24. The van der Waals surface area contributed by atoms with Gasteiger partial charge >= 0.3 is 0 Å². The number of hydrogen-bond acceptors (Lipinski definition) is 5. The Morgan fingerprint density at radius 2 is 2.26 bits per heavy atom. The fourth-order valence-electron chi connectivity index (χ4n) is 2.80. The van der Waals surface area contributed by atoms with E-state index in [1.165, 1.54) is 11.5 Å². The van der Waals surface area contributed by atoms with Gasteiger partial charge in [0.15, 0.2) is 0 Å². The highest BCUT2D eigenvalue weighted by molar-refractivity contribution is 7.05. The minimum Gasteiger partial charge on any atom is -0.493 e. The van der Waals surface area contributed by atoms with Crippen molar-refractivity contribution < 1.29 is 9.53 Å². The normalized spacial score (nSPS) is 17.3. The molecule has 0 aliphatic carbocycles. The van der Waals surface area contributed by atoms with Gasteiger partial charge in [0.2, 0.25) is 5.91 Å². The van der Waals surface area contributed by atoms with Crippen LogP contribution in [0.5, 0.6) is 5.75 Å². The van der Waals surface area contributed by atoms with Crippen LogP contribution < -0.4 is 10.1 Å². The number of nitrogens with one attached hydrogen (secondary N) is 1. The van der Waals surface area contributed by atoms with Crippen LogP contribution in [0.15, 0.2) is 24.3 Å². The van der Waals surface area contributed by atoms with Gasteiger partial charge in [-0.1, -0.05) is 36.5 Å². The molecular weight excluding hydrogens is 310 g/mol. The predicted octanol–water partition coefficient (Wildman–Crippen LogP) is 2.92. The van der Waals surface area contributed by atoms with Gasteiger partial charge in [0, 0.05) is 5.92 Å². The fraction of sp³-hybridized carbons (Fsp3) is 0.471. The third kappa shape index (κ3) is 3.69. The SMILES string of the molecule is CC(C)c1nnsc1CNC(=O)[C@@H]1CCOc2ccccc2C1. The molecule has 1 N–H and O–H groups in total. The molecule has 0 bridgehead atoms. The van der Waals surface area contributed by atoms with Crippen LogP contribution in [0, 0.1) is 5.92 Å². The lowest BCUT2D eigenvalue weighted by Crippen LogP contribution is -2.31. The molecule has 122 valence electrons. The van der Waals surface area contributed by atoms with Gasteiger partial charge in [0.25, 0.3) is 0 Å². The molecule has 0 saturated heterocycles. The molecule has 3 rings (SSSR count). The molecule has 0 fully saturated rings. The topological polar surface area (TPSA) is 64.1 Å². The van der Waals surface area contributed by atoms with Crippen molar-refractivity contribution in [3.05, 3.63) is 40.4 Å². The smallest absolute Gasteiger partial charge is 0.223 e. The molecule has 2 aromatic rings. The minimum atomic E-state index is -0.0537. The summed E-state index contributed by atoms with van der Waals surface area (Å²) in [7, 11) is 0. The van der Waals surface area contributed by atoms with Crippen molar-refractivity contribution in [1.82, 2.24) is 14.9 Å². The monoisotopic (exact) mass is 331 g/mol. The van der Waals surface area contributed by atoms with Gasteiger partial charge in [-0.25, -0.2) is 0 Å². The summed E-state index contributed by atoms with van der Waals surface area (Å²) in [6, 6.07) is 7.95. The van der Waals surface area contributed by atoms with Crippen LogP contribution in [0.4, 0.5) is 0 Å². The zero-order valence-corrected chi connectivity index (χ0v) is 14.2. The molecule has 5 nitrogen and oxygen atoms in total. The van der Waals surface area contributed by atoms with Crippen LogP contribution in [0.3, 0.4) is 0 Å². The molecule has 1 aromatic carbocycles. The molecule has 0 unspecified atom stereocenters. The molecule has 2 heterocycles. The number of aromatic nitrogens is 2. The summed E-state index contributed by atoms with van der Waals surface area (Å²) >= 11 is 1.36. The van der Waals surface area contributed by atoms with Gasteiger partial charge in [-0.2, -0.15) is 0 Å². The predicted molar refractivity (Wildman–Crippen MR) is 89.6 cm³/mol. The van der Waals surface area contributed by atoms with E-state index in [9.17, 15) is 4.79 Å². The van der Waals surface area contributed by atoms with E-state index in [2.05, 4.69) is 28.8 Å². The summed E-state index contributed by atoms with van der Waals surface area (Å²) in [4.78, 5) is 13.6. The van der Waals surface area contributed by atoms with Gasteiger partial charge in [-0.05, 0) is 41.9 Å². The molecule has 1 aromatic heterocycles. The highest BCUT2D eigenvalue weighted by atomic mass is 32.1. The van der Waals surface area contributed by atoms with Crippen molar-refractivity contribution in [3.63, 3.8) is 0 Å². The number of amides is 1. The van der Waals surface area contributed by atoms with Crippen molar-refractivity contribution in [3.8, 4) is 5.75 Å². The van der Waals surface area contributed by atoms with Crippen LogP contribution in [0.1, 0.15) is 42.3 Å². The number of hydrogen-bond donors (Lipinski definition) is 1. The van der Waals surface area contributed by atoms with Crippen LogP contribution in [0.25, 0.3) is 0 Å². The summed E-state index contributed by atoms with van der Waals surface area (Å²) < 4.78 is 9.73. The van der Waals surface area contributed by atoms with E-state index in [1.54, 1.807) is 0 Å². The average Bonchev–Trinajstić information content (AvgIpc) is 2.91. The Kier molecular flexibility index (Phi) is 4.91. The molecule has 23 heavy (non-hydrogen) atoms. The van der Waals surface area contributed by atoms with Gasteiger partial charge < -0.3 is 10.1 Å². The van der Waals surface area contributed by atoms with E-state index in [4.69, 9.17) is 4.74 Å². The maximum absolute atomic E-state index is 12.5. The molecule has 0 saturated carbocycles. The Morgan fingerprint density at radius 3 is 3.09 bits per heavy atom. The van der Waals surface area contributed by atoms with Crippen molar-refractivity contribution >= 4 is 17.4 Å². The number of fused-ring (bicyclic) bond motifs is 1. The first-order valence-corrected chi connectivity index (χ1v) is 8.72. The van der Waals surface area contributed by atoms with Crippen molar-refractivity contribution in [2.24, 2.45) is 5.92 Å². The van der Waals surface area contributed by atoms with E-state index < -0.39 is 0 Å². The molecule has 1 aliphatic heterocycles. The Hall–Kier alpha value is -1.95. The number of nitrogens with zero attached hydrogens (tertiary/aromatic N) is 2.